The molecule has 0 aliphatic heterocycles. The van der Waals surface area contributed by atoms with E-state index in [-0.39, 0.29) is 10.8 Å². The molecule has 0 aliphatic rings. The number of nitrogens with one attached hydrogen (secondary N) is 1. The highest BCUT2D eigenvalue weighted by atomic mass is 79.9. The van der Waals surface area contributed by atoms with E-state index in [1.807, 2.05) is 33.1 Å². The van der Waals surface area contributed by atoms with E-state index >= 15 is 0 Å². The van der Waals surface area contributed by atoms with Gasteiger partial charge in [-0.2, -0.15) is 0 Å². The molecule has 1 rings (SSSR count). The molecule has 0 spiro atoms. The fourth-order valence-electron chi connectivity index (χ4n) is 0.951. The lowest BCUT2D eigenvalue weighted by molar-refractivity contribution is 0.532. The summed E-state index contributed by atoms with van der Waals surface area (Å²) in [6.45, 7) is 7.93. The van der Waals surface area contributed by atoms with Gasteiger partial charge in [0.1, 0.15) is 4.75 Å². The molecular weight excluding hydrogens is 294 g/mol. The quantitative estimate of drug-likeness (QED) is 0.865. The average Bonchev–Trinajstić information content (AvgIpc) is 2.50. The third-order valence-electron chi connectivity index (χ3n) is 1.85. The van der Waals surface area contributed by atoms with E-state index < -0.39 is 11.4 Å². The monoisotopic (exact) mass is 309 g/mol. The van der Waals surface area contributed by atoms with Gasteiger partial charge in [-0.25, -0.2) is 0 Å². The van der Waals surface area contributed by atoms with Crippen LogP contribution in [-0.2, 0) is 11.4 Å². The van der Waals surface area contributed by atoms with Crippen molar-refractivity contribution >= 4 is 38.6 Å². The van der Waals surface area contributed by atoms with Crippen LogP contribution in [-0.4, -0.2) is 9.30 Å². The van der Waals surface area contributed by atoms with Crippen molar-refractivity contribution in [2.45, 2.75) is 38.5 Å². The van der Waals surface area contributed by atoms with Crippen molar-refractivity contribution in [3.63, 3.8) is 0 Å². The summed E-state index contributed by atoms with van der Waals surface area (Å²) in [5.41, 5.74) is 0. The van der Waals surface area contributed by atoms with Crippen LogP contribution < -0.4 is 4.72 Å². The van der Waals surface area contributed by atoms with Crippen LogP contribution in [0.3, 0.4) is 0 Å². The van der Waals surface area contributed by atoms with Gasteiger partial charge in [0.15, 0.2) is 0 Å². The second kappa shape index (κ2) is 5.19. The van der Waals surface area contributed by atoms with Crippen molar-refractivity contribution in [2.24, 2.45) is 0 Å². The van der Waals surface area contributed by atoms with Crippen LogP contribution in [0.2, 0.25) is 0 Å². The minimum atomic E-state index is -1.02. The summed E-state index contributed by atoms with van der Waals surface area (Å²) in [5.74, 6) is 0. The van der Waals surface area contributed by atoms with Crippen LogP contribution in [0.1, 0.15) is 38.6 Å². The van der Waals surface area contributed by atoms with Gasteiger partial charge < -0.3 is 4.55 Å². The minimum absolute atomic E-state index is 0.126. The van der Waals surface area contributed by atoms with Gasteiger partial charge in [-0.05, 0) is 49.7 Å². The van der Waals surface area contributed by atoms with E-state index in [4.69, 9.17) is 0 Å². The summed E-state index contributed by atoms with van der Waals surface area (Å²) in [5, 5.41) is 2.04. The van der Waals surface area contributed by atoms with Crippen molar-refractivity contribution < 1.29 is 4.55 Å². The minimum Gasteiger partial charge on any atom is -0.598 e. The van der Waals surface area contributed by atoms with Crippen molar-refractivity contribution in [3.8, 4) is 0 Å². The maximum absolute atomic E-state index is 11.8. The zero-order chi connectivity index (χ0) is 11.6. The highest BCUT2D eigenvalue weighted by molar-refractivity contribution is 9.10. The third kappa shape index (κ3) is 4.07. The Labute approximate surface area is 107 Å². The Kier molecular flexibility index (Phi) is 4.67. The maximum Gasteiger partial charge on any atom is 0.136 e. The summed E-state index contributed by atoms with van der Waals surface area (Å²) >= 11 is 4.06. The summed E-state index contributed by atoms with van der Waals surface area (Å²) in [7, 11) is 0. The zero-order valence-electron chi connectivity index (χ0n) is 9.33. The zero-order valence-corrected chi connectivity index (χ0v) is 12.6. The molecule has 5 heteroatoms. The predicted molar refractivity (Wildman–Crippen MR) is 71.5 cm³/mol. The van der Waals surface area contributed by atoms with Crippen LogP contribution >= 0.6 is 27.3 Å². The number of hydrogen-bond donors (Lipinski definition) is 1. The molecule has 15 heavy (non-hydrogen) atoms. The van der Waals surface area contributed by atoms with Gasteiger partial charge in [0.2, 0.25) is 0 Å². The Morgan fingerprint density at radius 2 is 2.13 bits per heavy atom. The van der Waals surface area contributed by atoms with E-state index in [0.29, 0.717) is 0 Å². The van der Waals surface area contributed by atoms with Crippen molar-refractivity contribution in [1.29, 1.82) is 0 Å². The molecular formula is C10H16BrNOS2. The predicted octanol–water partition coefficient (Wildman–Crippen LogP) is 3.62. The summed E-state index contributed by atoms with van der Waals surface area (Å²) in [6, 6.07) is 2.18. The maximum atomic E-state index is 11.8. The topological polar surface area (TPSA) is 35.1 Å². The molecule has 2 nitrogen and oxygen atoms in total. The molecule has 1 N–H and O–H groups in total. The second-order valence-electron chi connectivity index (χ2n) is 4.39. The van der Waals surface area contributed by atoms with Gasteiger partial charge in [0, 0.05) is 26.1 Å². The Morgan fingerprint density at radius 3 is 2.53 bits per heavy atom. The van der Waals surface area contributed by atoms with E-state index in [0.717, 1.165) is 4.47 Å². The molecule has 0 saturated carbocycles. The normalized spacial score (nSPS) is 16.4. The van der Waals surface area contributed by atoms with Gasteiger partial charge in [-0.15, -0.1) is 16.1 Å². The molecule has 0 aromatic carbocycles. The number of thiophene rings is 1. The fourth-order valence-corrected chi connectivity index (χ4v) is 3.28. The highest BCUT2D eigenvalue weighted by Gasteiger charge is 2.28. The molecule has 1 aromatic heterocycles. The lowest BCUT2D eigenvalue weighted by Gasteiger charge is -2.26. The number of halogens is 1. The van der Waals surface area contributed by atoms with Gasteiger partial charge in [0.25, 0.3) is 0 Å². The largest absolute Gasteiger partial charge is 0.598 e. The van der Waals surface area contributed by atoms with E-state index in [9.17, 15) is 4.55 Å². The van der Waals surface area contributed by atoms with Crippen molar-refractivity contribution in [1.82, 2.24) is 4.72 Å². The van der Waals surface area contributed by atoms with Crippen LogP contribution in [0.5, 0.6) is 0 Å². The van der Waals surface area contributed by atoms with Crippen LogP contribution in [0.25, 0.3) is 0 Å². The number of rotatable bonds is 3. The first-order valence-corrected chi connectivity index (χ1v) is 7.55. The lowest BCUT2D eigenvalue weighted by atomic mass is 10.3. The summed E-state index contributed by atoms with van der Waals surface area (Å²) in [4.78, 5) is 1.19. The number of hydrogen-bond acceptors (Lipinski definition) is 3. The Hall–Kier alpha value is 0.450. The molecule has 0 fully saturated rings. The molecule has 0 amide bonds. The van der Waals surface area contributed by atoms with E-state index in [2.05, 4.69) is 26.7 Å². The SMILES string of the molecule is CC(N[S+]([O-])C(C)(C)C)c1cc(Br)cs1. The molecule has 0 radical (unpaired) electrons. The van der Waals surface area contributed by atoms with Crippen molar-refractivity contribution in [2.75, 3.05) is 0 Å². The molecule has 1 heterocycles. The third-order valence-corrected chi connectivity index (χ3v) is 5.41. The van der Waals surface area contributed by atoms with E-state index in [1.165, 1.54) is 4.88 Å². The van der Waals surface area contributed by atoms with Gasteiger partial charge in [-0.3, -0.25) is 0 Å². The van der Waals surface area contributed by atoms with E-state index in [1.54, 1.807) is 11.3 Å². The summed E-state index contributed by atoms with van der Waals surface area (Å²) < 4.78 is 15.8. The van der Waals surface area contributed by atoms with Gasteiger partial charge >= 0.3 is 0 Å². The molecule has 0 bridgehead atoms. The second-order valence-corrected chi connectivity index (χ2v) is 8.24. The standard InChI is InChI=1S/C10H16BrNOS2/c1-7(9-5-8(11)6-14-9)12-15(13)10(2,3)4/h5-7,12H,1-4H3. The Balaban J connectivity index is 2.60. The molecule has 1 aromatic rings. The van der Waals surface area contributed by atoms with Crippen molar-refractivity contribution in [3.05, 3.63) is 20.8 Å². The van der Waals surface area contributed by atoms with Crippen LogP contribution in [0, 0.1) is 0 Å². The lowest BCUT2D eigenvalue weighted by Crippen LogP contribution is -2.40. The molecule has 0 aliphatic carbocycles. The first-order valence-electron chi connectivity index (χ1n) is 4.72. The first kappa shape index (κ1) is 13.5. The Bertz CT molecular complexity index is 321. The fraction of sp³-hybridized carbons (Fsp3) is 0.600. The highest BCUT2D eigenvalue weighted by Crippen LogP contribution is 2.27. The first-order chi connectivity index (χ1) is 6.80. The van der Waals surface area contributed by atoms with Gasteiger partial charge in [0.05, 0.1) is 6.04 Å². The molecule has 86 valence electrons. The van der Waals surface area contributed by atoms with Crippen LogP contribution in [0.4, 0.5) is 0 Å². The molecule has 2 atom stereocenters. The van der Waals surface area contributed by atoms with Crippen LogP contribution in [0.15, 0.2) is 15.9 Å². The average molecular weight is 310 g/mol. The Morgan fingerprint density at radius 1 is 1.53 bits per heavy atom. The summed E-state index contributed by atoms with van der Waals surface area (Å²) in [6.07, 6.45) is 0. The van der Waals surface area contributed by atoms with Gasteiger partial charge in [-0.1, -0.05) is 0 Å². The smallest absolute Gasteiger partial charge is 0.136 e. The molecule has 0 saturated heterocycles. The molecule has 2 unspecified atom stereocenters.